The van der Waals surface area contributed by atoms with Crippen molar-refractivity contribution >= 4 is 17.5 Å². The molecule has 1 aliphatic rings. The molecule has 0 saturated carbocycles. The van der Waals surface area contributed by atoms with Crippen LogP contribution in [0.3, 0.4) is 0 Å². The Morgan fingerprint density at radius 1 is 1.26 bits per heavy atom. The molecule has 1 radical (unpaired) electrons. The quantitative estimate of drug-likeness (QED) is 0.801. The molecule has 2 heterocycles. The summed E-state index contributed by atoms with van der Waals surface area (Å²) in [7, 11) is 0. The molecular weight excluding hydrogens is 358 g/mol. The maximum absolute atomic E-state index is 14.3. The molecule has 1 aromatic carbocycles. The van der Waals surface area contributed by atoms with Gasteiger partial charge in [0, 0.05) is 31.3 Å². The summed E-state index contributed by atoms with van der Waals surface area (Å²) in [5.74, 6) is -2.11. The van der Waals surface area contributed by atoms with E-state index in [1.165, 1.54) is 33.9 Å². The zero-order valence-corrected chi connectivity index (χ0v) is 14.1. The van der Waals surface area contributed by atoms with Crippen molar-refractivity contribution in [1.29, 1.82) is 0 Å². The summed E-state index contributed by atoms with van der Waals surface area (Å²) < 4.78 is 29.0. The van der Waals surface area contributed by atoms with Crippen LogP contribution in [0, 0.1) is 12.2 Å². The van der Waals surface area contributed by atoms with Gasteiger partial charge in [0.05, 0.1) is 24.0 Å². The number of nitrogens with one attached hydrogen (secondary N) is 1. The minimum Gasteiger partial charge on any atom is -0.368 e. The minimum absolute atomic E-state index is 0.0941. The number of primary amides is 1. The van der Waals surface area contributed by atoms with E-state index in [9.17, 15) is 23.2 Å². The SMILES string of the molecule is NC(=O)C1[CH][C@H](F)CN1CC(=O)Nc1ccc(-n2ccccc2=O)cc1F. The lowest BCUT2D eigenvalue weighted by molar-refractivity contribution is -0.123. The molecule has 1 unspecified atom stereocenters. The van der Waals surface area contributed by atoms with Crippen LogP contribution in [0.2, 0.25) is 0 Å². The highest BCUT2D eigenvalue weighted by Crippen LogP contribution is 2.20. The van der Waals surface area contributed by atoms with Gasteiger partial charge in [-0.2, -0.15) is 0 Å². The average molecular weight is 375 g/mol. The van der Waals surface area contributed by atoms with E-state index in [-0.39, 0.29) is 24.3 Å². The van der Waals surface area contributed by atoms with Crippen LogP contribution >= 0.6 is 0 Å². The van der Waals surface area contributed by atoms with Crippen molar-refractivity contribution in [3.05, 3.63) is 65.2 Å². The molecule has 9 heteroatoms. The second-order valence-electron chi connectivity index (χ2n) is 6.11. The summed E-state index contributed by atoms with van der Waals surface area (Å²) in [6, 6.07) is 7.48. The number of nitrogens with two attached hydrogens (primary N) is 1. The van der Waals surface area contributed by atoms with Crippen LogP contribution in [0.4, 0.5) is 14.5 Å². The normalized spacial score (nSPS) is 19.8. The number of hydrogen-bond acceptors (Lipinski definition) is 4. The van der Waals surface area contributed by atoms with E-state index in [0.29, 0.717) is 5.69 Å². The Balaban J connectivity index is 1.71. The van der Waals surface area contributed by atoms with Crippen LogP contribution in [-0.4, -0.2) is 46.6 Å². The number of rotatable bonds is 5. The first-order chi connectivity index (χ1) is 12.8. The van der Waals surface area contributed by atoms with Gasteiger partial charge in [-0.15, -0.1) is 0 Å². The van der Waals surface area contributed by atoms with Crippen molar-refractivity contribution in [3.8, 4) is 5.69 Å². The number of carbonyl (C=O) groups excluding carboxylic acids is 2. The molecule has 3 N–H and O–H groups in total. The minimum atomic E-state index is -1.37. The van der Waals surface area contributed by atoms with Crippen molar-refractivity contribution in [3.63, 3.8) is 0 Å². The number of halogens is 2. The number of alkyl halides is 1. The highest BCUT2D eigenvalue weighted by atomic mass is 19.1. The van der Waals surface area contributed by atoms with Gasteiger partial charge in [0.1, 0.15) is 12.0 Å². The van der Waals surface area contributed by atoms with Gasteiger partial charge in [-0.25, -0.2) is 8.78 Å². The second kappa shape index (κ2) is 7.67. The van der Waals surface area contributed by atoms with E-state index in [1.807, 2.05) is 0 Å². The maximum Gasteiger partial charge on any atom is 0.255 e. The van der Waals surface area contributed by atoms with Gasteiger partial charge < -0.3 is 11.1 Å². The largest absolute Gasteiger partial charge is 0.368 e. The van der Waals surface area contributed by atoms with E-state index >= 15 is 0 Å². The van der Waals surface area contributed by atoms with Crippen LogP contribution in [0.1, 0.15) is 0 Å². The van der Waals surface area contributed by atoms with Crippen LogP contribution in [0.5, 0.6) is 0 Å². The van der Waals surface area contributed by atoms with Crippen molar-refractivity contribution in [2.45, 2.75) is 12.2 Å². The predicted octanol–water partition coefficient (Wildman–Crippen LogP) is 0.627. The number of anilines is 1. The van der Waals surface area contributed by atoms with E-state index in [1.54, 1.807) is 12.1 Å². The predicted molar refractivity (Wildman–Crippen MR) is 94.4 cm³/mol. The average Bonchev–Trinajstić information content (AvgIpc) is 2.97. The summed E-state index contributed by atoms with van der Waals surface area (Å²) in [5.41, 5.74) is 5.08. The van der Waals surface area contributed by atoms with Crippen LogP contribution in [0.25, 0.3) is 5.69 Å². The molecule has 1 fully saturated rings. The molecule has 27 heavy (non-hydrogen) atoms. The Bertz CT molecular complexity index is 931. The Morgan fingerprint density at radius 2 is 2.04 bits per heavy atom. The number of nitrogens with zero attached hydrogens (tertiary/aromatic N) is 2. The monoisotopic (exact) mass is 375 g/mol. The fraction of sp³-hybridized carbons (Fsp3) is 0.222. The number of hydrogen-bond donors (Lipinski definition) is 2. The van der Waals surface area contributed by atoms with Crippen LogP contribution in [-0.2, 0) is 9.59 Å². The zero-order valence-electron chi connectivity index (χ0n) is 14.1. The number of pyridine rings is 1. The Labute approximate surface area is 153 Å². The molecule has 2 amide bonds. The van der Waals surface area contributed by atoms with Crippen molar-refractivity contribution < 1.29 is 18.4 Å². The molecule has 2 atom stereocenters. The van der Waals surface area contributed by atoms with Crippen molar-refractivity contribution in [1.82, 2.24) is 9.47 Å². The molecule has 0 aliphatic carbocycles. The second-order valence-corrected chi connectivity index (χ2v) is 6.11. The number of likely N-dealkylation sites (tertiary alicyclic amines) is 1. The number of benzene rings is 1. The molecule has 7 nitrogen and oxygen atoms in total. The molecule has 1 aliphatic heterocycles. The van der Waals surface area contributed by atoms with Gasteiger partial charge in [0.15, 0.2) is 0 Å². The van der Waals surface area contributed by atoms with E-state index in [0.717, 1.165) is 12.5 Å². The van der Waals surface area contributed by atoms with E-state index in [4.69, 9.17) is 5.73 Å². The molecule has 2 aromatic rings. The third-order valence-corrected chi connectivity index (χ3v) is 4.16. The fourth-order valence-corrected chi connectivity index (χ4v) is 2.93. The number of amides is 2. The molecule has 0 bridgehead atoms. The van der Waals surface area contributed by atoms with Gasteiger partial charge in [0.25, 0.3) is 5.56 Å². The standard InChI is InChI=1S/C18H17F2N4O3/c19-11-7-15(18(21)27)23(9-11)10-16(25)22-14-5-4-12(8-13(14)20)24-6-2-1-3-17(24)26/h1-8,11,15H,9-10H2,(H2,21,27)(H,22,25)/t11-,15?/m0/s1. The third-order valence-electron chi connectivity index (χ3n) is 4.16. The van der Waals surface area contributed by atoms with Gasteiger partial charge >= 0.3 is 0 Å². The van der Waals surface area contributed by atoms with Crippen molar-refractivity contribution in [2.24, 2.45) is 5.73 Å². The Morgan fingerprint density at radius 3 is 2.70 bits per heavy atom. The molecule has 3 rings (SSSR count). The topological polar surface area (TPSA) is 97.4 Å². The van der Waals surface area contributed by atoms with Gasteiger partial charge in [0.2, 0.25) is 11.8 Å². The lowest BCUT2D eigenvalue weighted by Gasteiger charge is -2.20. The number of aromatic nitrogens is 1. The number of carbonyl (C=O) groups is 2. The summed E-state index contributed by atoms with van der Waals surface area (Å²) >= 11 is 0. The van der Waals surface area contributed by atoms with Gasteiger partial charge in [-0.05, 0) is 18.2 Å². The fourth-order valence-electron chi connectivity index (χ4n) is 2.93. The first kappa shape index (κ1) is 18.7. The maximum atomic E-state index is 14.3. The van der Waals surface area contributed by atoms with Crippen LogP contribution in [0.15, 0.2) is 47.4 Å². The molecular formula is C18H17F2N4O3. The summed E-state index contributed by atoms with van der Waals surface area (Å²) in [6.07, 6.45) is 1.26. The molecule has 1 aromatic heterocycles. The molecule has 141 valence electrons. The zero-order chi connectivity index (χ0) is 19.6. The first-order valence-electron chi connectivity index (χ1n) is 8.15. The smallest absolute Gasteiger partial charge is 0.255 e. The molecule has 1 saturated heterocycles. The Hall–Kier alpha value is -3.07. The highest BCUT2D eigenvalue weighted by molar-refractivity contribution is 5.93. The van der Waals surface area contributed by atoms with Gasteiger partial charge in [-0.3, -0.25) is 23.9 Å². The van der Waals surface area contributed by atoms with E-state index in [2.05, 4.69) is 5.32 Å². The first-order valence-corrected chi connectivity index (χ1v) is 8.15. The van der Waals surface area contributed by atoms with Crippen molar-refractivity contribution in [2.75, 3.05) is 18.4 Å². The summed E-state index contributed by atoms with van der Waals surface area (Å²) in [4.78, 5) is 36.5. The highest BCUT2D eigenvalue weighted by Gasteiger charge is 2.37. The molecule has 0 spiro atoms. The summed E-state index contributed by atoms with van der Waals surface area (Å²) in [5, 5.41) is 2.37. The van der Waals surface area contributed by atoms with E-state index < -0.39 is 29.8 Å². The van der Waals surface area contributed by atoms with Gasteiger partial charge in [-0.1, -0.05) is 6.07 Å². The lowest BCUT2D eigenvalue weighted by Crippen LogP contribution is -2.44. The van der Waals surface area contributed by atoms with Crippen LogP contribution < -0.4 is 16.6 Å². The summed E-state index contributed by atoms with van der Waals surface area (Å²) in [6.45, 7) is -0.455. The lowest BCUT2D eigenvalue weighted by atomic mass is 10.2. The Kier molecular flexibility index (Phi) is 5.31. The third kappa shape index (κ3) is 4.20.